The van der Waals surface area contributed by atoms with Crippen LogP contribution in [0.25, 0.3) is 10.9 Å². The van der Waals surface area contributed by atoms with Crippen LogP contribution in [0.15, 0.2) is 30.6 Å². The molecule has 2 heterocycles. The van der Waals surface area contributed by atoms with Gasteiger partial charge in [0.2, 0.25) is 0 Å². The van der Waals surface area contributed by atoms with Crippen LogP contribution >= 0.6 is 0 Å². The van der Waals surface area contributed by atoms with Crippen molar-refractivity contribution in [2.24, 2.45) is 0 Å². The van der Waals surface area contributed by atoms with Gasteiger partial charge in [0.05, 0.1) is 18.2 Å². The van der Waals surface area contributed by atoms with Gasteiger partial charge in [0, 0.05) is 31.4 Å². The number of nitrogens with one attached hydrogen (secondary N) is 1. The second-order valence-corrected chi connectivity index (χ2v) is 3.72. The molecular formula is C12H15N3O2. The number of fused-ring (bicyclic) bond motifs is 1. The van der Waals surface area contributed by atoms with Crippen LogP contribution in [0, 0.1) is 0 Å². The maximum atomic E-state index is 9.55. The highest BCUT2D eigenvalue weighted by atomic mass is 16.5. The number of anilines is 1. The molecule has 0 aliphatic carbocycles. The summed E-state index contributed by atoms with van der Waals surface area (Å²) in [5, 5.41) is 13.6. The van der Waals surface area contributed by atoms with Crippen molar-refractivity contribution >= 4 is 16.7 Å². The number of pyridine rings is 2. The third-order valence-corrected chi connectivity index (χ3v) is 2.39. The van der Waals surface area contributed by atoms with Crippen molar-refractivity contribution in [1.29, 1.82) is 0 Å². The van der Waals surface area contributed by atoms with E-state index in [-0.39, 0.29) is 0 Å². The van der Waals surface area contributed by atoms with Gasteiger partial charge in [0.1, 0.15) is 5.82 Å². The Morgan fingerprint density at radius 2 is 2.24 bits per heavy atom. The summed E-state index contributed by atoms with van der Waals surface area (Å²) in [6, 6.07) is 5.66. The van der Waals surface area contributed by atoms with Gasteiger partial charge < -0.3 is 15.2 Å². The average Bonchev–Trinajstić information content (AvgIpc) is 2.36. The lowest BCUT2D eigenvalue weighted by atomic mass is 10.2. The fourth-order valence-corrected chi connectivity index (χ4v) is 1.61. The number of aromatic nitrogens is 2. The summed E-state index contributed by atoms with van der Waals surface area (Å²) in [6.45, 7) is 0.699. The molecule has 5 nitrogen and oxygen atoms in total. The topological polar surface area (TPSA) is 67.3 Å². The highest BCUT2D eigenvalue weighted by Crippen LogP contribution is 2.18. The molecule has 2 N–H and O–H groups in total. The van der Waals surface area contributed by atoms with Crippen molar-refractivity contribution < 1.29 is 9.84 Å². The lowest BCUT2D eigenvalue weighted by Crippen LogP contribution is -2.24. The summed E-state index contributed by atoms with van der Waals surface area (Å²) < 4.78 is 4.86. The highest BCUT2D eigenvalue weighted by molar-refractivity contribution is 5.88. The fraction of sp³-hybridized carbons (Fsp3) is 0.333. The molecular weight excluding hydrogens is 218 g/mol. The molecule has 17 heavy (non-hydrogen) atoms. The average molecular weight is 233 g/mol. The summed E-state index contributed by atoms with van der Waals surface area (Å²) in [6.07, 6.45) is 2.89. The molecule has 0 aliphatic rings. The van der Waals surface area contributed by atoms with Gasteiger partial charge in [-0.15, -0.1) is 0 Å². The van der Waals surface area contributed by atoms with E-state index in [4.69, 9.17) is 4.74 Å². The quantitative estimate of drug-likeness (QED) is 0.808. The Morgan fingerprint density at radius 1 is 1.35 bits per heavy atom. The van der Waals surface area contributed by atoms with Crippen LogP contribution in [0.4, 0.5) is 5.82 Å². The number of hydrogen-bond acceptors (Lipinski definition) is 5. The predicted octanol–water partition coefficient (Wildman–Crippen LogP) is 1.05. The van der Waals surface area contributed by atoms with E-state index < -0.39 is 6.10 Å². The maximum Gasteiger partial charge on any atom is 0.135 e. The van der Waals surface area contributed by atoms with Gasteiger partial charge >= 0.3 is 0 Å². The minimum Gasteiger partial charge on any atom is -0.389 e. The molecule has 2 rings (SSSR count). The Bertz CT molecular complexity index is 485. The van der Waals surface area contributed by atoms with Crippen LogP contribution in [-0.2, 0) is 4.74 Å². The van der Waals surface area contributed by atoms with Crippen molar-refractivity contribution in [3.8, 4) is 0 Å². The van der Waals surface area contributed by atoms with Crippen molar-refractivity contribution in [3.05, 3.63) is 30.6 Å². The Hall–Kier alpha value is -1.72. The molecule has 0 spiro atoms. The van der Waals surface area contributed by atoms with Gasteiger partial charge in [-0.2, -0.15) is 0 Å². The summed E-state index contributed by atoms with van der Waals surface area (Å²) in [5.41, 5.74) is 0.881. The zero-order chi connectivity index (χ0) is 12.1. The van der Waals surface area contributed by atoms with Crippen LogP contribution in [0.3, 0.4) is 0 Å². The lowest BCUT2D eigenvalue weighted by molar-refractivity contribution is 0.0727. The van der Waals surface area contributed by atoms with Crippen LogP contribution in [0.1, 0.15) is 0 Å². The van der Waals surface area contributed by atoms with Crippen molar-refractivity contribution in [1.82, 2.24) is 9.97 Å². The zero-order valence-corrected chi connectivity index (χ0v) is 9.63. The first-order valence-corrected chi connectivity index (χ1v) is 5.42. The minimum absolute atomic E-state index is 0.302. The van der Waals surface area contributed by atoms with Gasteiger partial charge in [-0.05, 0) is 18.2 Å². The smallest absolute Gasteiger partial charge is 0.135 e. The first-order valence-electron chi connectivity index (χ1n) is 5.42. The molecule has 1 unspecified atom stereocenters. The molecule has 0 radical (unpaired) electrons. The Balaban J connectivity index is 2.13. The van der Waals surface area contributed by atoms with Crippen LogP contribution < -0.4 is 5.32 Å². The number of rotatable bonds is 5. The predicted molar refractivity (Wildman–Crippen MR) is 65.9 cm³/mol. The van der Waals surface area contributed by atoms with E-state index >= 15 is 0 Å². The molecule has 0 amide bonds. The molecule has 0 bridgehead atoms. The highest BCUT2D eigenvalue weighted by Gasteiger charge is 2.06. The van der Waals surface area contributed by atoms with E-state index in [0.29, 0.717) is 13.2 Å². The minimum atomic E-state index is -0.547. The monoisotopic (exact) mass is 233 g/mol. The summed E-state index contributed by atoms with van der Waals surface area (Å²) in [7, 11) is 1.56. The molecule has 0 saturated carbocycles. The molecule has 0 aromatic carbocycles. The third kappa shape index (κ3) is 2.89. The second kappa shape index (κ2) is 5.56. The standard InChI is InChI=1S/C12H15N3O2/c1-17-8-9(16)7-15-12-10-3-2-5-13-11(10)4-6-14-12/h2-6,9,16H,7-8H2,1H3,(H,14,15). The number of nitrogens with zero attached hydrogens (tertiary/aromatic N) is 2. The summed E-state index contributed by atoms with van der Waals surface area (Å²) in [4.78, 5) is 8.47. The first kappa shape index (κ1) is 11.8. The molecule has 0 aliphatic heterocycles. The van der Waals surface area contributed by atoms with Crippen molar-refractivity contribution in [3.63, 3.8) is 0 Å². The van der Waals surface area contributed by atoms with Gasteiger partial charge in [0.15, 0.2) is 0 Å². The van der Waals surface area contributed by atoms with Gasteiger partial charge in [0.25, 0.3) is 0 Å². The van der Waals surface area contributed by atoms with Crippen LogP contribution in [-0.4, -0.2) is 41.4 Å². The fourth-order valence-electron chi connectivity index (χ4n) is 1.61. The Morgan fingerprint density at radius 3 is 3.06 bits per heavy atom. The summed E-state index contributed by atoms with van der Waals surface area (Å²) in [5.74, 6) is 0.728. The van der Waals surface area contributed by atoms with Crippen molar-refractivity contribution in [2.45, 2.75) is 6.10 Å². The number of aliphatic hydroxyl groups excluding tert-OH is 1. The number of ether oxygens (including phenoxy) is 1. The van der Waals surface area contributed by atoms with E-state index in [1.54, 1.807) is 19.5 Å². The normalized spacial score (nSPS) is 12.6. The molecule has 2 aromatic rings. The Kier molecular flexibility index (Phi) is 3.85. The van der Waals surface area contributed by atoms with Gasteiger partial charge in [-0.3, -0.25) is 4.98 Å². The van der Waals surface area contributed by atoms with Gasteiger partial charge in [-0.1, -0.05) is 0 Å². The largest absolute Gasteiger partial charge is 0.389 e. The number of hydrogen-bond donors (Lipinski definition) is 2. The van der Waals surface area contributed by atoms with E-state index in [2.05, 4.69) is 15.3 Å². The number of aliphatic hydroxyl groups is 1. The summed E-state index contributed by atoms with van der Waals surface area (Å²) >= 11 is 0. The van der Waals surface area contributed by atoms with E-state index in [1.807, 2.05) is 18.2 Å². The molecule has 90 valence electrons. The zero-order valence-electron chi connectivity index (χ0n) is 9.63. The van der Waals surface area contributed by atoms with E-state index in [0.717, 1.165) is 16.7 Å². The molecule has 0 fully saturated rings. The molecule has 1 atom stereocenters. The second-order valence-electron chi connectivity index (χ2n) is 3.72. The molecule has 5 heteroatoms. The molecule has 2 aromatic heterocycles. The maximum absolute atomic E-state index is 9.55. The lowest BCUT2D eigenvalue weighted by Gasteiger charge is -2.12. The Labute approximate surface area is 99.5 Å². The number of methoxy groups -OCH3 is 1. The van der Waals surface area contributed by atoms with Crippen LogP contribution in [0.2, 0.25) is 0 Å². The van der Waals surface area contributed by atoms with Crippen LogP contribution in [0.5, 0.6) is 0 Å². The SMILES string of the molecule is COCC(O)CNc1nccc2ncccc12. The first-order chi connectivity index (χ1) is 8.31. The molecule has 0 saturated heterocycles. The third-order valence-electron chi connectivity index (χ3n) is 2.39. The van der Waals surface area contributed by atoms with Gasteiger partial charge in [-0.25, -0.2) is 4.98 Å². The van der Waals surface area contributed by atoms with E-state index in [9.17, 15) is 5.11 Å². The van der Waals surface area contributed by atoms with E-state index in [1.165, 1.54) is 0 Å². The van der Waals surface area contributed by atoms with Crippen molar-refractivity contribution in [2.75, 3.05) is 25.6 Å².